The predicted molar refractivity (Wildman–Crippen MR) is 109 cm³/mol. The van der Waals surface area contributed by atoms with Crippen molar-refractivity contribution in [2.24, 2.45) is 4.99 Å². The number of methoxy groups -OCH3 is 1. The minimum atomic E-state index is 0. The zero-order valence-electron chi connectivity index (χ0n) is 15.0. The molecule has 0 atom stereocenters. The molecule has 2 rings (SSSR count). The molecule has 1 amide bonds. The van der Waals surface area contributed by atoms with Crippen molar-refractivity contribution in [3.8, 4) is 11.5 Å². The third-order valence-electron chi connectivity index (χ3n) is 4.05. The standard InChI is InChI=1S/C17H26N4O3.HI/c1-4-18-17(21-9-7-20(8-10-21)13(2)22)19-12-14-11-15(24-3)5-6-16(14)23;/h5-6,11,23H,4,7-10,12H2,1-3H3,(H,18,19);1H. The van der Waals surface area contributed by atoms with Crippen LogP contribution in [0.25, 0.3) is 0 Å². The smallest absolute Gasteiger partial charge is 0.219 e. The summed E-state index contributed by atoms with van der Waals surface area (Å²) in [5.74, 6) is 1.80. The Morgan fingerprint density at radius 1 is 1.28 bits per heavy atom. The molecule has 140 valence electrons. The number of hydrogen-bond donors (Lipinski definition) is 2. The molecule has 1 aromatic carbocycles. The monoisotopic (exact) mass is 462 g/mol. The Morgan fingerprint density at radius 2 is 1.92 bits per heavy atom. The molecule has 0 saturated carbocycles. The maximum Gasteiger partial charge on any atom is 0.219 e. The van der Waals surface area contributed by atoms with Gasteiger partial charge in [0.1, 0.15) is 11.5 Å². The number of halogens is 1. The van der Waals surface area contributed by atoms with E-state index in [0.717, 1.165) is 25.6 Å². The van der Waals surface area contributed by atoms with Crippen LogP contribution in [0.3, 0.4) is 0 Å². The van der Waals surface area contributed by atoms with Crippen molar-refractivity contribution >= 4 is 35.8 Å². The van der Waals surface area contributed by atoms with Gasteiger partial charge in [-0.25, -0.2) is 4.99 Å². The summed E-state index contributed by atoms with van der Waals surface area (Å²) in [7, 11) is 1.60. The van der Waals surface area contributed by atoms with E-state index in [1.807, 2.05) is 11.8 Å². The number of carbonyl (C=O) groups is 1. The van der Waals surface area contributed by atoms with Crippen molar-refractivity contribution in [1.82, 2.24) is 15.1 Å². The highest BCUT2D eigenvalue weighted by Crippen LogP contribution is 2.23. The van der Waals surface area contributed by atoms with Crippen LogP contribution in [-0.4, -0.2) is 66.6 Å². The number of nitrogens with zero attached hydrogens (tertiary/aromatic N) is 3. The number of piperazine rings is 1. The van der Waals surface area contributed by atoms with E-state index < -0.39 is 0 Å². The Bertz CT molecular complexity index is 602. The molecule has 1 saturated heterocycles. The van der Waals surface area contributed by atoms with Gasteiger partial charge < -0.3 is 25.0 Å². The zero-order chi connectivity index (χ0) is 17.5. The first-order chi connectivity index (χ1) is 11.5. The van der Waals surface area contributed by atoms with Crippen LogP contribution in [-0.2, 0) is 11.3 Å². The molecule has 0 spiro atoms. The lowest BCUT2D eigenvalue weighted by atomic mass is 10.2. The largest absolute Gasteiger partial charge is 0.508 e. The molecule has 7 nitrogen and oxygen atoms in total. The summed E-state index contributed by atoms with van der Waals surface area (Å²) in [6.07, 6.45) is 0. The highest BCUT2D eigenvalue weighted by Gasteiger charge is 2.20. The van der Waals surface area contributed by atoms with Gasteiger partial charge in [0.05, 0.1) is 13.7 Å². The number of benzene rings is 1. The van der Waals surface area contributed by atoms with Gasteiger partial charge in [-0.1, -0.05) is 0 Å². The van der Waals surface area contributed by atoms with E-state index in [2.05, 4.69) is 15.2 Å². The quantitative estimate of drug-likeness (QED) is 0.405. The number of rotatable bonds is 4. The van der Waals surface area contributed by atoms with Gasteiger partial charge in [-0.15, -0.1) is 24.0 Å². The lowest BCUT2D eigenvalue weighted by molar-refractivity contribution is -0.130. The molecular weight excluding hydrogens is 435 g/mol. The SMILES string of the molecule is CCNC(=NCc1cc(OC)ccc1O)N1CCN(C(C)=O)CC1.I. The van der Waals surface area contributed by atoms with Gasteiger partial charge in [-0.2, -0.15) is 0 Å². The first-order valence-electron chi connectivity index (χ1n) is 8.19. The molecule has 8 heteroatoms. The van der Waals surface area contributed by atoms with Crippen molar-refractivity contribution in [3.63, 3.8) is 0 Å². The predicted octanol–water partition coefficient (Wildman–Crippen LogP) is 1.65. The molecular formula is C17H27IN4O3. The maximum atomic E-state index is 11.4. The topological polar surface area (TPSA) is 77.4 Å². The number of aromatic hydroxyl groups is 1. The Morgan fingerprint density at radius 3 is 2.48 bits per heavy atom. The fourth-order valence-corrected chi connectivity index (χ4v) is 2.63. The summed E-state index contributed by atoms with van der Waals surface area (Å²) in [6, 6.07) is 5.12. The van der Waals surface area contributed by atoms with Crippen LogP contribution in [0.2, 0.25) is 0 Å². The van der Waals surface area contributed by atoms with E-state index in [1.165, 1.54) is 0 Å². The summed E-state index contributed by atoms with van der Waals surface area (Å²) in [6.45, 7) is 7.62. The number of aliphatic imine (C=N–C) groups is 1. The van der Waals surface area contributed by atoms with Crippen LogP contribution >= 0.6 is 24.0 Å². The maximum absolute atomic E-state index is 11.4. The summed E-state index contributed by atoms with van der Waals surface area (Å²) >= 11 is 0. The molecule has 2 N–H and O–H groups in total. The Balaban J connectivity index is 0.00000312. The molecule has 0 bridgehead atoms. The van der Waals surface area contributed by atoms with Gasteiger partial charge in [0, 0.05) is 45.2 Å². The zero-order valence-corrected chi connectivity index (χ0v) is 17.3. The summed E-state index contributed by atoms with van der Waals surface area (Å²) in [5.41, 5.74) is 0.715. The van der Waals surface area contributed by atoms with Gasteiger partial charge in [0.15, 0.2) is 5.96 Å². The fraction of sp³-hybridized carbons (Fsp3) is 0.529. The molecule has 1 aromatic rings. The van der Waals surface area contributed by atoms with Crippen LogP contribution in [0.4, 0.5) is 0 Å². The van der Waals surface area contributed by atoms with Gasteiger partial charge in [-0.05, 0) is 25.1 Å². The molecule has 0 aliphatic carbocycles. The number of hydrogen-bond acceptors (Lipinski definition) is 4. The first kappa shape index (κ1) is 21.3. The number of phenolic OH excluding ortho intramolecular Hbond substituents is 1. The van der Waals surface area contributed by atoms with Crippen molar-refractivity contribution in [1.29, 1.82) is 0 Å². The van der Waals surface area contributed by atoms with Gasteiger partial charge in [0.25, 0.3) is 0 Å². The minimum Gasteiger partial charge on any atom is -0.508 e. The first-order valence-corrected chi connectivity index (χ1v) is 8.19. The van der Waals surface area contributed by atoms with E-state index in [0.29, 0.717) is 30.9 Å². The highest BCUT2D eigenvalue weighted by atomic mass is 127. The van der Waals surface area contributed by atoms with E-state index in [9.17, 15) is 9.90 Å². The average molecular weight is 462 g/mol. The third-order valence-corrected chi connectivity index (χ3v) is 4.05. The van der Waals surface area contributed by atoms with Crippen LogP contribution in [0, 0.1) is 0 Å². The van der Waals surface area contributed by atoms with E-state index in [4.69, 9.17) is 4.74 Å². The number of amides is 1. The minimum absolute atomic E-state index is 0. The highest BCUT2D eigenvalue weighted by molar-refractivity contribution is 14.0. The van der Waals surface area contributed by atoms with E-state index in [1.54, 1.807) is 32.2 Å². The lowest BCUT2D eigenvalue weighted by Crippen LogP contribution is -2.53. The molecule has 1 fully saturated rings. The van der Waals surface area contributed by atoms with Crippen LogP contribution < -0.4 is 10.1 Å². The molecule has 0 unspecified atom stereocenters. The Hall–Kier alpha value is -1.71. The van der Waals surface area contributed by atoms with Gasteiger partial charge in [-0.3, -0.25) is 4.79 Å². The normalized spacial score (nSPS) is 14.8. The Labute approximate surface area is 166 Å². The van der Waals surface area contributed by atoms with Crippen molar-refractivity contribution < 1.29 is 14.6 Å². The van der Waals surface area contributed by atoms with Gasteiger partial charge >= 0.3 is 0 Å². The molecule has 1 heterocycles. The number of phenols is 1. The van der Waals surface area contributed by atoms with E-state index >= 15 is 0 Å². The molecule has 25 heavy (non-hydrogen) atoms. The number of guanidine groups is 1. The molecule has 1 aliphatic heterocycles. The van der Waals surface area contributed by atoms with Crippen molar-refractivity contribution in [2.75, 3.05) is 39.8 Å². The second kappa shape index (κ2) is 10.3. The fourth-order valence-electron chi connectivity index (χ4n) is 2.63. The third kappa shape index (κ3) is 5.94. The lowest BCUT2D eigenvalue weighted by Gasteiger charge is -2.36. The van der Waals surface area contributed by atoms with Crippen LogP contribution in [0.5, 0.6) is 11.5 Å². The number of nitrogens with one attached hydrogen (secondary N) is 1. The number of ether oxygens (including phenoxy) is 1. The molecule has 1 aliphatic rings. The average Bonchev–Trinajstić information content (AvgIpc) is 2.60. The summed E-state index contributed by atoms with van der Waals surface area (Å²) in [5, 5.41) is 13.3. The molecule has 0 aromatic heterocycles. The summed E-state index contributed by atoms with van der Waals surface area (Å²) < 4.78 is 5.19. The second-order valence-electron chi connectivity index (χ2n) is 5.66. The second-order valence-corrected chi connectivity index (χ2v) is 5.66. The van der Waals surface area contributed by atoms with Crippen LogP contribution in [0.1, 0.15) is 19.4 Å². The number of carbonyl (C=O) groups excluding carboxylic acids is 1. The van der Waals surface area contributed by atoms with Crippen LogP contribution in [0.15, 0.2) is 23.2 Å². The summed E-state index contributed by atoms with van der Waals surface area (Å²) in [4.78, 5) is 20.0. The Kier molecular flexibility index (Phi) is 8.81. The van der Waals surface area contributed by atoms with Crippen molar-refractivity contribution in [3.05, 3.63) is 23.8 Å². The van der Waals surface area contributed by atoms with Gasteiger partial charge in [0.2, 0.25) is 5.91 Å². The van der Waals surface area contributed by atoms with Crippen molar-refractivity contribution in [2.45, 2.75) is 20.4 Å². The van der Waals surface area contributed by atoms with E-state index in [-0.39, 0.29) is 35.6 Å². The molecule has 0 radical (unpaired) electrons.